The Morgan fingerprint density at radius 2 is 1.51 bits per heavy atom. The number of H-pyrrole nitrogens is 1. The van der Waals surface area contributed by atoms with E-state index in [1.807, 2.05) is 0 Å². The van der Waals surface area contributed by atoms with Gasteiger partial charge in [0, 0.05) is 0 Å². The maximum absolute atomic E-state index is 16.0. The third kappa shape index (κ3) is 5.56. The van der Waals surface area contributed by atoms with Crippen molar-refractivity contribution in [3.05, 3.63) is 29.3 Å². The normalized spacial score (nSPS) is 37.7. The molecule has 242 valence electrons. The van der Waals surface area contributed by atoms with E-state index in [0.29, 0.717) is 0 Å². The van der Waals surface area contributed by atoms with Gasteiger partial charge in [-0.1, -0.05) is 0 Å². The molecular formula is C20H23FN10O10P2S2. The molecule has 25 heteroatoms. The third-order valence-electron chi connectivity index (χ3n) is 7.28. The number of aliphatic hydroxyl groups excluding tert-OH is 1. The zero-order valence-corrected chi connectivity index (χ0v) is 25.8. The van der Waals surface area contributed by atoms with E-state index in [9.17, 15) is 19.7 Å². The number of rotatable bonds is 2. The van der Waals surface area contributed by atoms with Crippen LogP contribution in [0.25, 0.3) is 22.3 Å². The van der Waals surface area contributed by atoms with Crippen molar-refractivity contribution in [2.75, 3.05) is 24.7 Å². The Morgan fingerprint density at radius 1 is 0.911 bits per heavy atom. The molecule has 0 bridgehead atoms. The number of aromatic nitrogens is 8. The number of fused-ring (bicyclic) bond motifs is 4. The summed E-state index contributed by atoms with van der Waals surface area (Å²) in [6, 6.07) is 0. The van der Waals surface area contributed by atoms with Crippen LogP contribution in [0.3, 0.4) is 0 Å². The molecule has 0 radical (unpaired) electrons. The molecule has 8 N–H and O–H groups in total. The summed E-state index contributed by atoms with van der Waals surface area (Å²) in [5.41, 5.74) is 11.1. The summed E-state index contributed by atoms with van der Waals surface area (Å²) in [5, 5.41) is 11.2. The van der Waals surface area contributed by atoms with Gasteiger partial charge >= 0.3 is 13.4 Å². The zero-order valence-electron chi connectivity index (χ0n) is 22.3. The van der Waals surface area contributed by atoms with Gasteiger partial charge in [-0.15, -0.1) is 0 Å². The number of imidazole rings is 2. The molecule has 7 rings (SSSR count). The molecule has 10 atom stereocenters. The molecule has 3 aliphatic heterocycles. The van der Waals surface area contributed by atoms with Crippen molar-refractivity contribution < 1.29 is 46.9 Å². The van der Waals surface area contributed by atoms with Gasteiger partial charge in [0.15, 0.2) is 41.3 Å². The fraction of sp³-hybridized carbons (Fsp3) is 0.500. The third-order valence-corrected chi connectivity index (χ3v) is 10.4. The van der Waals surface area contributed by atoms with Gasteiger partial charge in [0.25, 0.3) is 5.56 Å². The first-order chi connectivity index (χ1) is 21.3. The zero-order chi connectivity index (χ0) is 31.8. The summed E-state index contributed by atoms with van der Waals surface area (Å²) < 4.78 is 52.6. The van der Waals surface area contributed by atoms with Crippen molar-refractivity contribution in [1.29, 1.82) is 0 Å². The van der Waals surface area contributed by atoms with Crippen LogP contribution in [0.5, 0.6) is 0 Å². The number of nitrogens with zero attached hydrogens (tertiary/aromatic N) is 7. The van der Waals surface area contributed by atoms with Gasteiger partial charge in [0.1, 0.15) is 42.4 Å². The van der Waals surface area contributed by atoms with Crippen LogP contribution in [0.1, 0.15) is 12.5 Å². The number of alkyl halides is 1. The minimum atomic E-state index is -4.25. The Bertz CT molecular complexity index is 1950. The van der Waals surface area contributed by atoms with Gasteiger partial charge in [0.05, 0.1) is 25.9 Å². The number of nitrogens with two attached hydrogens (primary N) is 2. The smallest absolute Gasteiger partial charge is 0.325 e. The number of halogens is 1. The van der Waals surface area contributed by atoms with Crippen LogP contribution in [0, 0.1) is 0 Å². The molecule has 3 aliphatic rings. The number of ether oxygens (including phenoxy) is 2. The average molecular weight is 709 g/mol. The molecule has 45 heavy (non-hydrogen) atoms. The lowest BCUT2D eigenvalue weighted by atomic mass is 10.1. The second-order valence-corrected chi connectivity index (χ2v) is 15.7. The number of hydrogen-bond donors (Lipinski definition) is 6. The fourth-order valence-corrected chi connectivity index (χ4v) is 8.16. The van der Waals surface area contributed by atoms with Gasteiger partial charge in [-0.25, -0.2) is 24.3 Å². The van der Waals surface area contributed by atoms with E-state index in [1.54, 1.807) is 0 Å². The Labute approximate surface area is 259 Å². The second kappa shape index (κ2) is 11.3. The van der Waals surface area contributed by atoms with Gasteiger partial charge in [0.2, 0.25) is 5.95 Å². The SMILES string of the molecule is Nc1nc2c(ncn2[C@@H]2O[C@@H]3COP(O)(=S)O[C@H]4[C@@H](O)[C@H](n5cnc6c(N)ncnc65)O[C@@H]4COP(O)(=S)O[C@H]3[C@H]2F)c(=O)[nH]1. The molecule has 0 aliphatic carbocycles. The lowest BCUT2D eigenvalue weighted by Crippen LogP contribution is -2.38. The summed E-state index contributed by atoms with van der Waals surface area (Å²) in [4.78, 5) is 56.6. The maximum atomic E-state index is 16.0. The Hall–Kier alpha value is -2.63. The molecule has 2 unspecified atom stereocenters. The predicted molar refractivity (Wildman–Crippen MR) is 156 cm³/mol. The van der Waals surface area contributed by atoms with Crippen LogP contribution in [0.2, 0.25) is 0 Å². The molecule has 3 saturated heterocycles. The van der Waals surface area contributed by atoms with Gasteiger partial charge in [-0.05, 0) is 23.6 Å². The van der Waals surface area contributed by atoms with Gasteiger partial charge < -0.3 is 44.9 Å². The minimum absolute atomic E-state index is 0.0890. The molecule has 4 aromatic rings. The van der Waals surface area contributed by atoms with E-state index >= 15 is 4.39 Å². The van der Waals surface area contributed by atoms with E-state index in [4.69, 9.17) is 62.6 Å². The van der Waals surface area contributed by atoms with Crippen LogP contribution < -0.4 is 17.0 Å². The van der Waals surface area contributed by atoms with Crippen molar-refractivity contribution in [2.45, 2.75) is 49.1 Å². The van der Waals surface area contributed by atoms with Crippen LogP contribution in [-0.4, -0.2) is 104 Å². The standard InChI is InChI=1S/C20H23FN10O10P2S2/c21-8-12-6(38-18(8)31-5-27-10-16(31)28-20(23)29-17(10)33)1-36-43(35,45)41-13-7(2-37-42(34,44)40-12)39-19(11(13)32)30-4-26-9-14(22)24-3-25-15(9)30/h3-8,11-13,18-19,32H,1-2H2,(H,34,44)(H,35,45)(H2,22,24,25)(H3,23,28,29,33)/t6-,7-,8-,11-,12-,13-,18-,19-,42?,43?/m1/s1. The molecule has 0 amide bonds. The quantitative estimate of drug-likeness (QED) is 0.134. The molecule has 7 heterocycles. The summed E-state index contributed by atoms with van der Waals surface area (Å²) in [7, 11) is 0. The molecule has 4 aromatic heterocycles. The van der Waals surface area contributed by atoms with Crippen LogP contribution in [-0.2, 0) is 51.2 Å². The van der Waals surface area contributed by atoms with Crippen LogP contribution >= 0.6 is 13.4 Å². The van der Waals surface area contributed by atoms with E-state index in [1.165, 1.54) is 17.2 Å². The highest BCUT2D eigenvalue weighted by Crippen LogP contribution is 2.54. The van der Waals surface area contributed by atoms with Crippen molar-refractivity contribution >= 4 is 71.1 Å². The molecule has 3 fully saturated rings. The number of nitrogens with one attached hydrogen (secondary N) is 1. The lowest BCUT2D eigenvalue weighted by molar-refractivity contribution is -0.0589. The Kier molecular flexibility index (Phi) is 7.76. The maximum Gasteiger partial charge on any atom is 0.325 e. The Morgan fingerprint density at radius 3 is 2.22 bits per heavy atom. The molecule has 0 spiro atoms. The summed E-state index contributed by atoms with van der Waals surface area (Å²) >= 11 is 10.4. The van der Waals surface area contributed by atoms with E-state index in [0.717, 1.165) is 10.9 Å². The number of aromatic amines is 1. The average Bonchev–Trinajstić information content (AvgIpc) is 3.72. The highest BCUT2D eigenvalue weighted by molar-refractivity contribution is 8.07. The second-order valence-electron chi connectivity index (χ2n) is 10.1. The monoisotopic (exact) mass is 708 g/mol. The summed E-state index contributed by atoms with van der Waals surface area (Å²) in [6.45, 7) is -9.62. The Balaban J connectivity index is 1.17. The van der Waals surface area contributed by atoms with Gasteiger partial charge in [-0.2, -0.15) is 4.98 Å². The molecular weight excluding hydrogens is 685 g/mol. The number of aliphatic hydroxyl groups is 1. The van der Waals surface area contributed by atoms with Crippen molar-refractivity contribution in [3.8, 4) is 0 Å². The van der Waals surface area contributed by atoms with Gasteiger partial charge in [-0.3, -0.25) is 28.0 Å². The largest absolute Gasteiger partial charge is 0.386 e. The van der Waals surface area contributed by atoms with Crippen molar-refractivity contribution in [2.24, 2.45) is 0 Å². The topological polar surface area (TPSA) is 275 Å². The summed E-state index contributed by atoms with van der Waals surface area (Å²) in [6.07, 6.45) is -8.27. The minimum Gasteiger partial charge on any atom is -0.386 e. The predicted octanol–water partition coefficient (Wildman–Crippen LogP) is -1.13. The highest BCUT2D eigenvalue weighted by Gasteiger charge is 2.53. The van der Waals surface area contributed by atoms with Crippen LogP contribution in [0.4, 0.5) is 16.2 Å². The highest BCUT2D eigenvalue weighted by atomic mass is 32.5. The van der Waals surface area contributed by atoms with Crippen molar-refractivity contribution in [3.63, 3.8) is 0 Å². The fourth-order valence-electron chi connectivity index (χ4n) is 5.28. The van der Waals surface area contributed by atoms with Crippen LogP contribution in [0.15, 0.2) is 23.8 Å². The molecule has 0 saturated carbocycles. The number of anilines is 2. The van der Waals surface area contributed by atoms with Crippen molar-refractivity contribution in [1.82, 2.24) is 39.0 Å². The number of hydrogen-bond acceptors (Lipinski definition) is 17. The number of nitrogen functional groups attached to an aromatic ring is 2. The van der Waals surface area contributed by atoms with E-state index in [-0.39, 0.29) is 34.1 Å². The summed E-state index contributed by atoms with van der Waals surface area (Å²) in [5.74, 6) is -0.159. The first-order valence-corrected chi connectivity index (χ1v) is 18.1. The lowest BCUT2D eigenvalue weighted by Gasteiger charge is -2.30. The van der Waals surface area contributed by atoms with E-state index < -0.39 is 81.4 Å². The first-order valence-electron chi connectivity index (χ1n) is 12.9. The van der Waals surface area contributed by atoms with E-state index in [2.05, 4.69) is 29.9 Å². The molecule has 0 aromatic carbocycles. The molecule has 20 nitrogen and oxygen atoms in total. The first kappa shape index (κ1) is 31.0.